The molecule has 0 atom stereocenters. The molecule has 1 N–H and O–H groups in total. The van der Waals surface area contributed by atoms with E-state index in [1.54, 1.807) is 12.3 Å². The SMILES string of the molecule is C#Cc1c[nH]c(=O)c(N2CCOC3(COC3)C2)c1.CC.CC. The molecule has 122 valence electrons. The zero-order valence-corrected chi connectivity index (χ0v) is 13.9. The van der Waals surface area contributed by atoms with Crippen LogP contribution >= 0.6 is 0 Å². The van der Waals surface area contributed by atoms with E-state index >= 15 is 0 Å². The van der Waals surface area contributed by atoms with Gasteiger partial charge in [-0.1, -0.05) is 33.6 Å². The number of aromatic amines is 1. The normalized spacial score (nSPS) is 18.0. The molecular weight excluding hydrogens is 280 g/mol. The number of morpholine rings is 1. The largest absolute Gasteiger partial charge is 0.375 e. The van der Waals surface area contributed by atoms with Crippen LogP contribution in [0.25, 0.3) is 0 Å². The maximum Gasteiger partial charge on any atom is 0.271 e. The van der Waals surface area contributed by atoms with Crippen LogP contribution in [-0.4, -0.2) is 43.5 Å². The van der Waals surface area contributed by atoms with Crippen LogP contribution in [0.5, 0.6) is 0 Å². The molecule has 1 aromatic heterocycles. The third-order valence-corrected chi connectivity index (χ3v) is 3.37. The van der Waals surface area contributed by atoms with Gasteiger partial charge in [-0.3, -0.25) is 4.79 Å². The van der Waals surface area contributed by atoms with Crippen molar-refractivity contribution in [3.05, 3.63) is 28.2 Å². The van der Waals surface area contributed by atoms with Crippen molar-refractivity contribution in [3.63, 3.8) is 0 Å². The van der Waals surface area contributed by atoms with E-state index in [0.29, 0.717) is 44.2 Å². The number of ether oxygens (including phenoxy) is 2. The number of H-pyrrole nitrogens is 1. The van der Waals surface area contributed by atoms with Crippen molar-refractivity contribution in [1.29, 1.82) is 0 Å². The number of hydrogen-bond donors (Lipinski definition) is 1. The fourth-order valence-electron chi connectivity index (χ4n) is 2.34. The summed E-state index contributed by atoms with van der Waals surface area (Å²) in [6.45, 7) is 11.2. The topological polar surface area (TPSA) is 54.6 Å². The van der Waals surface area contributed by atoms with Crippen molar-refractivity contribution in [2.75, 3.05) is 37.8 Å². The number of terminal acetylenes is 1. The van der Waals surface area contributed by atoms with Gasteiger partial charge in [-0.05, 0) is 6.07 Å². The maximum atomic E-state index is 11.9. The van der Waals surface area contributed by atoms with Crippen molar-refractivity contribution in [3.8, 4) is 12.3 Å². The van der Waals surface area contributed by atoms with Gasteiger partial charge in [0.25, 0.3) is 5.56 Å². The lowest BCUT2D eigenvalue weighted by Gasteiger charge is -2.48. The molecule has 3 rings (SSSR count). The predicted molar refractivity (Wildman–Crippen MR) is 89.4 cm³/mol. The smallest absolute Gasteiger partial charge is 0.271 e. The minimum atomic E-state index is -0.239. The Morgan fingerprint density at radius 3 is 2.55 bits per heavy atom. The lowest BCUT2D eigenvalue weighted by molar-refractivity contribution is -0.211. The first kappa shape index (κ1) is 18.3. The second kappa shape index (κ2) is 8.62. The number of aromatic nitrogens is 1. The summed E-state index contributed by atoms with van der Waals surface area (Å²) in [5, 5.41) is 0. The first-order valence-corrected chi connectivity index (χ1v) is 7.88. The predicted octanol–water partition coefficient (Wildman–Crippen LogP) is 2.01. The summed E-state index contributed by atoms with van der Waals surface area (Å²) in [5.74, 6) is 2.53. The third kappa shape index (κ3) is 3.90. The lowest BCUT2D eigenvalue weighted by atomic mass is 9.99. The number of hydrogen-bond acceptors (Lipinski definition) is 4. The van der Waals surface area contributed by atoms with E-state index in [2.05, 4.69) is 10.9 Å². The molecule has 2 saturated heterocycles. The Hall–Kier alpha value is -1.77. The zero-order chi connectivity index (χ0) is 16.6. The number of nitrogens with one attached hydrogen (secondary N) is 1. The lowest BCUT2D eigenvalue weighted by Crippen LogP contribution is -2.63. The van der Waals surface area contributed by atoms with Gasteiger partial charge in [0.1, 0.15) is 11.3 Å². The van der Waals surface area contributed by atoms with Gasteiger partial charge in [0.15, 0.2) is 0 Å². The zero-order valence-electron chi connectivity index (χ0n) is 13.9. The van der Waals surface area contributed by atoms with Crippen LogP contribution in [0.3, 0.4) is 0 Å². The Kier molecular flexibility index (Phi) is 7.16. The monoisotopic (exact) mass is 306 g/mol. The third-order valence-electron chi connectivity index (χ3n) is 3.37. The first-order chi connectivity index (χ1) is 10.7. The summed E-state index contributed by atoms with van der Waals surface area (Å²) in [6.07, 6.45) is 6.90. The fourth-order valence-corrected chi connectivity index (χ4v) is 2.34. The minimum Gasteiger partial charge on any atom is -0.375 e. The Bertz CT molecular complexity index is 556. The van der Waals surface area contributed by atoms with Gasteiger partial charge in [0.05, 0.1) is 26.4 Å². The molecule has 2 aliphatic heterocycles. The highest BCUT2D eigenvalue weighted by atomic mass is 16.6. The molecule has 0 radical (unpaired) electrons. The van der Waals surface area contributed by atoms with Crippen LogP contribution in [0, 0.1) is 12.3 Å². The molecule has 1 aromatic rings. The van der Waals surface area contributed by atoms with Gasteiger partial charge in [-0.2, -0.15) is 0 Å². The minimum absolute atomic E-state index is 0.119. The molecule has 2 aliphatic rings. The van der Waals surface area contributed by atoms with Crippen LogP contribution in [0.4, 0.5) is 5.69 Å². The maximum absolute atomic E-state index is 11.9. The van der Waals surface area contributed by atoms with Crippen LogP contribution in [-0.2, 0) is 9.47 Å². The molecule has 0 bridgehead atoms. The van der Waals surface area contributed by atoms with E-state index in [9.17, 15) is 4.79 Å². The van der Waals surface area contributed by atoms with Gasteiger partial charge in [0.2, 0.25) is 0 Å². The summed E-state index contributed by atoms with van der Waals surface area (Å²) in [4.78, 5) is 16.6. The summed E-state index contributed by atoms with van der Waals surface area (Å²) in [6, 6.07) is 1.75. The summed E-state index contributed by atoms with van der Waals surface area (Å²) in [7, 11) is 0. The molecule has 0 aromatic carbocycles. The molecule has 0 amide bonds. The van der Waals surface area contributed by atoms with Gasteiger partial charge < -0.3 is 19.4 Å². The van der Waals surface area contributed by atoms with E-state index in [4.69, 9.17) is 15.9 Å². The molecule has 3 heterocycles. The van der Waals surface area contributed by atoms with Crippen LogP contribution < -0.4 is 10.5 Å². The second-order valence-corrected chi connectivity index (χ2v) is 4.69. The average molecular weight is 306 g/mol. The Morgan fingerprint density at radius 2 is 2.00 bits per heavy atom. The molecular formula is C17H26N2O3. The fraction of sp³-hybridized carbons (Fsp3) is 0.588. The average Bonchev–Trinajstić information content (AvgIpc) is 2.58. The van der Waals surface area contributed by atoms with Crippen molar-refractivity contribution < 1.29 is 9.47 Å². The first-order valence-electron chi connectivity index (χ1n) is 7.88. The number of anilines is 1. The summed E-state index contributed by atoms with van der Waals surface area (Å²) < 4.78 is 10.9. The van der Waals surface area contributed by atoms with Crippen molar-refractivity contribution in [2.24, 2.45) is 0 Å². The molecule has 22 heavy (non-hydrogen) atoms. The van der Waals surface area contributed by atoms with E-state index in [0.717, 1.165) is 0 Å². The molecule has 0 saturated carbocycles. The van der Waals surface area contributed by atoms with E-state index in [1.165, 1.54) is 0 Å². The molecule has 5 nitrogen and oxygen atoms in total. The Labute approximate surface area is 132 Å². The number of rotatable bonds is 1. The van der Waals surface area contributed by atoms with E-state index < -0.39 is 0 Å². The summed E-state index contributed by atoms with van der Waals surface area (Å²) >= 11 is 0. The molecule has 1 spiro atoms. The second-order valence-electron chi connectivity index (χ2n) is 4.69. The van der Waals surface area contributed by atoms with E-state index in [-0.39, 0.29) is 11.2 Å². The van der Waals surface area contributed by atoms with Gasteiger partial charge >= 0.3 is 0 Å². The Morgan fingerprint density at radius 1 is 1.32 bits per heavy atom. The molecule has 0 aliphatic carbocycles. The number of pyridine rings is 1. The highest BCUT2D eigenvalue weighted by Gasteiger charge is 2.44. The number of nitrogens with zero attached hydrogens (tertiary/aromatic N) is 1. The van der Waals surface area contributed by atoms with Crippen molar-refractivity contribution >= 4 is 5.69 Å². The quantitative estimate of drug-likeness (QED) is 0.807. The van der Waals surface area contributed by atoms with Crippen LogP contribution in [0.15, 0.2) is 17.1 Å². The van der Waals surface area contributed by atoms with Crippen LogP contribution in [0.2, 0.25) is 0 Å². The van der Waals surface area contributed by atoms with Gasteiger partial charge in [-0.25, -0.2) is 0 Å². The van der Waals surface area contributed by atoms with Gasteiger partial charge in [0, 0.05) is 18.3 Å². The van der Waals surface area contributed by atoms with E-state index in [1.807, 2.05) is 32.6 Å². The van der Waals surface area contributed by atoms with Crippen molar-refractivity contribution in [1.82, 2.24) is 4.98 Å². The highest BCUT2D eigenvalue weighted by molar-refractivity contribution is 5.50. The van der Waals surface area contributed by atoms with Crippen LogP contribution in [0.1, 0.15) is 33.3 Å². The Balaban J connectivity index is 0.000000561. The standard InChI is InChI=1S/C13H14N2O3.2C2H6/c1-2-10-5-11(12(16)14-6-10)15-3-4-18-13(7-15)8-17-9-13;2*1-2/h1,5-6H,3-4,7-9H2,(H,14,16);2*1-2H3. The van der Waals surface area contributed by atoms with Crippen molar-refractivity contribution in [2.45, 2.75) is 33.3 Å². The highest BCUT2D eigenvalue weighted by Crippen LogP contribution is 2.28. The molecule has 2 fully saturated rings. The molecule has 5 heteroatoms. The summed E-state index contributed by atoms with van der Waals surface area (Å²) in [5.41, 5.74) is 0.929. The van der Waals surface area contributed by atoms with Gasteiger partial charge in [-0.15, -0.1) is 6.42 Å². The molecule has 0 unspecified atom stereocenters.